The fraction of sp³-hybridized carbons (Fsp3) is 0.562. The van der Waals surface area contributed by atoms with Gasteiger partial charge in [0.2, 0.25) is 0 Å². The zero-order valence-corrected chi connectivity index (χ0v) is 15.1. The second-order valence-corrected chi connectivity index (χ2v) is 6.79. The highest BCUT2D eigenvalue weighted by Gasteiger charge is 2.31. The van der Waals surface area contributed by atoms with E-state index in [1.165, 1.54) is 0 Å². The van der Waals surface area contributed by atoms with Crippen LogP contribution in [0.1, 0.15) is 12.8 Å². The van der Waals surface area contributed by atoms with Gasteiger partial charge in [0.05, 0.1) is 10.0 Å². The van der Waals surface area contributed by atoms with Crippen LogP contribution in [0.25, 0.3) is 0 Å². The lowest BCUT2D eigenvalue weighted by atomic mass is 9.92. The molecule has 0 spiro atoms. The van der Waals surface area contributed by atoms with Gasteiger partial charge >= 0.3 is 0 Å². The number of carbonyl (C=O) groups is 1. The van der Waals surface area contributed by atoms with Crippen molar-refractivity contribution in [2.45, 2.75) is 12.8 Å². The van der Waals surface area contributed by atoms with Crippen LogP contribution in [0.5, 0.6) is 5.75 Å². The summed E-state index contributed by atoms with van der Waals surface area (Å²) in [5, 5.41) is 4.29. The molecular weight excluding hydrogens is 359 g/mol. The highest BCUT2D eigenvalue weighted by Crippen LogP contribution is 2.32. The number of hydrogen-bond acceptors (Lipinski definition) is 3. The number of para-hydroxylation sites is 1. The van der Waals surface area contributed by atoms with E-state index in [0.29, 0.717) is 27.6 Å². The number of likely N-dealkylation sites (tertiary alicyclic amines) is 1. The van der Waals surface area contributed by atoms with E-state index >= 15 is 0 Å². The molecule has 2 aliphatic heterocycles. The van der Waals surface area contributed by atoms with E-state index in [0.717, 1.165) is 39.0 Å². The van der Waals surface area contributed by atoms with Crippen LogP contribution in [-0.2, 0) is 4.79 Å². The summed E-state index contributed by atoms with van der Waals surface area (Å²) in [5.74, 6) is 1.80. The van der Waals surface area contributed by atoms with Crippen LogP contribution < -0.4 is 10.1 Å². The number of benzene rings is 1. The molecule has 4 nitrogen and oxygen atoms in total. The Bertz CT molecular complexity index is 522. The van der Waals surface area contributed by atoms with Crippen LogP contribution in [0.2, 0.25) is 10.0 Å². The summed E-state index contributed by atoms with van der Waals surface area (Å²) in [5.41, 5.74) is 0. The minimum absolute atomic E-state index is 0. The molecule has 2 aliphatic rings. The summed E-state index contributed by atoms with van der Waals surface area (Å²) >= 11 is 12.1. The quantitative estimate of drug-likeness (QED) is 0.876. The molecule has 1 N–H and O–H groups in total. The molecule has 2 fully saturated rings. The van der Waals surface area contributed by atoms with Crippen molar-refractivity contribution < 1.29 is 9.53 Å². The average Bonchev–Trinajstić information content (AvgIpc) is 2.85. The van der Waals surface area contributed by atoms with Gasteiger partial charge < -0.3 is 15.0 Å². The summed E-state index contributed by atoms with van der Waals surface area (Å²) < 4.78 is 5.55. The van der Waals surface area contributed by atoms with Crippen molar-refractivity contribution in [1.82, 2.24) is 10.2 Å². The lowest BCUT2D eigenvalue weighted by molar-refractivity contribution is -0.133. The van der Waals surface area contributed by atoms with Gasteiger partial charge in [-0.1, -0.05) is 29.3 Å². The SMILES string of the molecule is Cl.O=C(COc1c(Cl)cccc1Cl)N1CC[C@@H]2CNC[C@@H]2CC1. The second-order valence-electron chi connectivity index (χ2n) is 5.98. The highest BCUT2D eigenvalue weighted by atomic mass is 35.5. The molecular formula is C16H21Cl3N2O2. The Morgan fingerprint density at radius 1 is 1.17 bits per heavy atom. The average molecular weight is 380 g/mol. The molecule has 7 heteroatoms. The van der Waals surface area contributed by atoms with E-state index in [1.807, 2.05) is 4.90 Å². The van der Waals surface area contributed by atoms with Gasteiger partial charge in [-0.05, 0) is 49.9 Å². The van der Waals surface area contributed by atoms with Gasteiger partial charge in [0.1, 0.15) is 0 Å². The van der Waals surface area contributed by atoms with Crippen molar-refractivity contribution in [3.05, 3.63) is 28.2 Å². The van der Waals surface area contributed by atoms with Gasteiger partial charge in [0.25, 0.3) is 5.91 Å². The summed E-state index contributed by atoms with van der Waals surface area (Å²) in [7, 11) is 0. The fourth-order valence-electron chi connectivity index (χ4n) is 3.31. The van der Waals surface area contributed by atoms with Crippen molar-refractivity contribution in [3.63, 3.8) is 0 Å². The molecule has 2 atom stereocenters. The maximum atomic E-state index is 12.4. The van der Waals surface area contributed by atoms with Gasteiger partial charge in [-0.25, -0.2) is 0 Å². The van der Waals surface area contributed by atoms with E-state index in [4.69, 9.17) is 27.9 Å². The summed E-state index contributed by atoms with van der Waals surface area (Å²) in [6, 6.07) is 5.15. The standard InChI is InChI=1S/C16H20Cl2N2O2.ClH/c17-13-2-1-3-14(18)16(13)22-10-15(21)20-6-4-11-8-19-9-12(11)5-7-20;/h1-3,11-12,19H,4-10H2;1H/t11-,12+;. The van der Waals surface area contributed by atoms with E-state index in [-0.39, 0.29) is 24.9 Å². The number of halogens is 3. The van der Waals surface area contributed by atoms with Crippen LogP contribution >= 0.6 is 35.6 Å². The molecule has 2 heterocycles. The third-order valence-electron chi connectivity index (χ3n) is 4.63. The van der Waals surface area contributed by atoms with Gasteiger partial charge in [0, 0.05) is 13.1 Å². The fourth-order valence-corrected chi connectivity index (χ4v) is 3.82. The predicted molar refractivity (Wildman–Crippen MR) is 94.9 cm³/mol. The molecule has 0 saturated carbocycles. The van der Waals surface area contributed by atoms with Crippen LogP contribution in [0.3, 0.4) is 0 Å². The number of carbonyl (C=O) groups excluding carboxylic acids is 1. The maximum absolute atomic E-state index is 12.4. The Morgan fingerprint density at radius 2 is 1.74 bits per heavy atom. The normalized spacial score (nSPS) is 23.7. The number of rotatable bonds is 3. The Balaban J connectivity index is 0.00000192. The molecule has 0 bridgehead atoms. The van der Waals surface area contributed by atoms with Gasteiger partial charge in [-0.2, -0.15) is 0 Å². The molecule has 1 aromatic carbocycles. The topological polar surface area (TPSA) is 41.6 Å². The minimum atomic E-state index is -0.0168. The number of nitrogens with zero attached hydrogens (tertiary/aromatic N) is 1. The van der Waals surface area contributed by atoms with Crippen LogP contribution in [0.4, 0.5) is 0 Å². The molecule has 3 rings (SSSR count). The van der Waals surface area contributed by atoms with Gasteiger partial charge in [0.15, 0.2) is 12.4 Å². The maximum Gasteiger partial charge on any atom is 0.260 e. The number of fused-ring (bicyclic) bond motifs is 1. The van der Waals surface area contributed by atoms with Gasteiger partial charge in [-0.15, -0.1) is 12.4 Å². The molecule has 2 saturated heterocycles. The largest absolute Gasteiger partial charge is 0.481 e. The number of nitrogens with one attached hydrogen (secondary N) is 1. The summed E-state index contributed by atoms with van der Waals surface area (Å²) in [6.07, 6.45) is 2.13. The van der Waals surface area contributed by atoms with Crippen LogP contribution in [0.15, 0.2) is 18.2 Å². The van der Waals surface area contributed by atoms with Crippen molar-refractivity contribution in [2.75, 3.05) is 32.8 Å². The minimum Gasteiger partial charge on any atom is -0.481 e. The third-order valence-corrected chi connectivity index (χ3v) is 5.23. The highest BCUT2D eigenvalue weighted by molar-refractivity contribution is 6.37. The van der Waals surface area contributed by atoms with Crippen LogP contribution in [0, 0.1) is 11.8 Å². The summed E-state index contributed by atoms with van der Waals surface area (Å²) in [4.78, 5) is 14.3. The zero-order chi connectivity index (χ0) is 15.5. The lowest BCUT2D eigenvalue weighted by Crippen LogP contribution is -2.36. The number of amides is 1. The first-order valence-corrected chi connectivity index (χ1v) is 8.46. The molecule has 23 heavy (non-hydrogen) atoms. The van der Waals surface area contributed by atoms with Crippen molar-refractivity contribution in [2.24, 2.45) is 11.8 Å². The molecule has 128 valence electrons. The molecule has 1 aromatic rings. The Hall–Kier alpha value is -0.680. The van der Waals surface area contributed by atoms with E-state index in [9.17, 15) is 4.79 Å². The van der Waals surface area contributed by atoms with Gasteiger partial charge in [-0.3, -0.25) is 4.79 Å². The van der Waals surface area contributed by atoms with E-state index < -0.39 is 0 Å². The van der Waals surface area contributed by atoms with Crippen LogP contribution in [-0.4, -0.2) is 43.6 Å². The number of hydrogen-bond donors (Lipinski definition) is 1. The van der Waals surface area contributed by atoms with Crippen molar-refractivity contribution in [3.8, 4) is 5.75 Å². The molecule has 0 aromatic heterocycles. The van der Waals surface area contributed by atoms with E-state index in [2.05, 4.69) is 5.32 Å². The smallest absolute Gasteiger partial charge is 0.260 e. The first-order chi connectivity index (χ1) is 10.6. The molecule has 0 radical (unpaired) electrons. The zero-order valence-electron chi connectivity index (χ0n) is 12.8. The van der Waals surface area contributed by atoms with E-state index in [1.54, 1.807) is 18.2 Å². The monoisotopic (exact) mass is 378 g/mol. The molecule has 0 aliphatic carbocycles. The third kappa shape index (κ3) is 4.44. The Kier molecular flexibility index (Phi) is 6.84. The second kappa shape index (κ2) is 8.43. The Morgan fingerprint density at radius 3 is 2.30 bits per heavy atom. The first kappa shape index (κ1) is 18.7. The summed E-state index contributed by atoms with van der Waals surface area (Å²) in [6.45, 7) is 3.76. The molecule has 1 amide bonds. The number of ether oxygens (including phenoxy) is 1. The van der Waals surface area contributed by atoms with Crippen molar-refractivity contribution >= 4 is 41.5 Å². The Labute approximate surface area is 152 Å². The lowest BCUT2D eigenvalue weighted by Gasteiger charge is -2.21. The first-order valence-electron chi connectivity index (χ1n) is 7.70. The predicted octanol–water partition coefficient (Wildman–Crippen LogP) is 3.25. The molecule has 0 unspecified atom stereocenters. The van der Waals surface area contributed by atoms with Crippen molar-refractivity contribution in [1.29, 1.82) is 0 Å².